The Kier molecular flexibility index (Phi) is 4.02. The summed E-state index contributed by atoms with van der Waals surface area (Å²) in [6.07, 6.45) is 0. The second kappa shape index (κ2) is 6.03. The van der Waals surface area contributed by atoms with Crippen molar-refractivity contribution in [3.63, 3.8) is 0 Å². The largest absolute Gasteiger partial charge is 0.506 e. The number of rotatable bonds is 2. The molecular weight excluding hydrogens is 348 g/mol. The van der Waals surface area contributed by atoms with E-state index in [0.29, 0.717) is 10.6 Å². The number of carbonyl (C=O) groups excluding carboxylic acids is 2. The highest BCUT2D eigenvalue weighted by Gasteiger charge is 2.37. The summed E-state index contributed by atoms with van der Waals surface area (Å²) in [6, 6.07) is 9.65. The van der Waals surface area contributed by atoms with Crippen molar-refractivity contribution in [2.75, 3.05) is 4.90 Å². The third kappa shape index (κ3) is 2.74. The van der Waals surface area contributed by atoms with E-state index in [-0.39, 0.29) is 28.3 Å². The van der Waals surface area contributed by atoms with E-state index in [1.807, 2.05) is 0 Å². The van der Waals surface area contributed by atoms with Crippen molar-refractivity contribution >= 4 is 46.1 Å². The van der Waals surface area contributed by atoms with E-state index >= 15 is 0 Å². The molecule has 0 saturated heterocycles. The third-order valence-electron chi connectivity index (χ3n) is 3.79. The number of non-ortho nitro benzene ring substituents is 1. The van der Waals surface area contributed by atoms with Gasteiger partial charge in [-0.2, -0.15) is 0 Å². The predicted octanol–water partition coefficient (Wildman–Crippen LogP) is 3.57. The summed E-state index contributed by atoms with van der Waals surface area (Å²) < 4.78 is 0. The van der Waals surface area contributed by atoms with Gasteiger partial charge in [0.1, 0.15) is 5.76 Å². The topological polar surface area (TPSA) is 101 Å². The van der Waals surface area contributed by atoms with Crippen LogP contribution in [0.4, 0.5) is 11.4 Å². The molecule has 2 aromatic carbocycles. The standard InChI is InChI=1S/C17H11ClN2O5/c1-9(21)19-14-8-11(18)4-7-13(14)15(17(19)23)16(22)10-2-5-12(6-3-10)20(24)25/h2-8,22H,1H3. The zero-order chi connectivity index (χ0) is 18.3. The number of aliphatic hydroxyl groups excluding tert-OH is 1. The Labute approximate surface area is 146 Å². The van der Waals surface area contributed by atoms with Gasteiger partial charge in [-0.25, -0.2) is 4.90 Å². The molecule has 2 aromatic rings. The van der Waals surface area contributed by atoms with Crippen LogP contribution in [-0.2, 0) is 9.59 Å². The van der Waals surface area contributed by atoms with Crippen LogP contribution in [0.15, 0.2) is 42.5 Å². The highest BCUT2D eigenvalue weighted by Crippen LogP contribution is 2.41. The van der Waals surface area contributed by atoms with Gasteiger partial charge >= 0.3 is 0 Å². The third-order valence-corrected chi connectivity index (χ3v) is 4.03. The van der Waals surface area contributed by atoms with Crippen LogP contribution >= 0.6 is 11.6 Å². The van der Waals surface area contributed by atoms with Crippen molar-refractivity contribution in [1.29, 1.82) is 0 Å². The number of imide groups is 1. The lowest BCUT2D eigenvalue weighted by molar-refractivity contribution is -0.384. The summed E-state index contributed by atoms with van der Waals surface area (Å²) in [7, 11) is 0. The first kappa shape index (κ1) is 16.7. The highest BCUT2D eigenvalue weighted by atomic mass is 35.5. The first-order valence-electron chi connectivity index (χ1n) is 7.14. The maximum Gasteiger partial charge on any atom is 0.269 e. The molecule has 0 aliphatic carbocycles. The fourth-order valence-electron chi connectivity index (χ4n) is 2.66. The quantitative estimate of drug-likeness (QED) is 0.383. The van der Waals surface area contributed by atoms with Crippen molar-refractivity contribution in [3.8, 4) is 0 Å². The lowest BCUT2D eigenvalue weighted by atomic mass is 10.0. The lowest BCUT2D eigenvalue weighted by Gasteiger charge is -2.12. The molecule has 0 radical (unpaired) electrons. The SMILES string of the molecule is CC(=O)N1C(=O)C(=C(O)c2ccc([N+](=O)[O-])cc2)c2ccc(Cl)cc21. The van der Waals surface area contributed by atoms with Crippen molar-refractivity contribution in [2.24, 2.45) is 0 Å². The normalized spacial score (nSPS) is 15.1. The Hall–Kier alpha value is -3.19. The van der Waals surface area contributed by atoms with Crippen LogP contribution in [-0.4, -0.2) is 21.8 Å². The molecule has 2 amide bonds. The number of nitro groups is 1. The molecule has 0 saturated carbocycles. The minimum absolute atomic E-state index is 0.0595. The Morgan fingerprint density at radius 3 is 2.40 bits per heavy atom. The average molecular weight is 359 g/mol. The number of amides is 2. The first-order chi connectivity index (χ1) is 11.8. The van der Waals surface area contributed by atoms with Crippen LogP contribution in [0.2, 0.25) is 5.02 Å². The molecule has 1 heterocycles. The number of fused-ring (bicyclic) bond motifs is 1. The highest BCUT2D eigenvalue weighted by molar-refractivity contribution is 6.43. The first-order valence-corrected chi connectivity index (χ1v) is 7.52. The fraction of sp³-hybridized carbons (Fsp3) is 0.0588. The van der Waals surface area contributed by atoms with E-state index in [1.165, 1.54) is 43.3 Å². The number of nitrogens with zero attached hydrogens (tertiary/aromatic N) is 2. The summed E-state index contributed by atoms with van der Waals surface area (Å²) in [5, 5.41) is 21.6. The van der Waals surface area contributed by atoms with Crippen LogP contribution in [0.3, 0.4) is 0 Å². The molecule has 0 bridgehead atoms. The van der Waals surface area contributed by atoms with Crippen LogP contribution in [0.25, 0.3) is 11.3 Å². The molecule has 0 unspecified atom stereocenters. The average Bonchev–Trinajstić information content (AvgIpc) is 2.85. The second-order valence-electron chi connectivity index (χ2n) is 5.35. The van der Waals surface area contributed by atoms with Gasteiger partial charge in [0, 0.05) is 35.2 Å². The van der Waals surface area contributed by atoms with Gasteiger partial charge in [0.2, 0.25) is 5.91 Å². The lowest BCUT2D eigenvalue weighted by Crippen LogP contribution is -2.31. The zero-order valence-corrected chi connectivity index (χ0v) is 13.6. The number of aliphatic hydroxyl groups is 1. The van der Waals surface area contributed by atoms with Crippen molar-refractivity contribution in [1.82, 2.24) is 0 Å². The van der Waals surface area contributed by atoms with Crippen molar-refractivity contribution < 1.29 is 19.6 Å². The molecule has 0 aromatic heterocycles. The molecule has 3 rings (SSSR count). The minimum atomic E-state index is -0.680. The van der Waals surface area contributed by atoms with E-state index in [1.54, 1.807) is 6.07 Å². The number of hydrogen-bond acceptors (Lipinski definition) is 5. The Morgan fingerprint density at radius 1 is 1.20 bits per heavy atom. The summed E-state index contributed by atoms with van der Waals surface area (Å²) in [6.45, 7) is 1.23. The number of halogens is 1. The molecule has 126 valence electrons. The number of hydrogen-bond donors (Lipinski definition) is 1. The molecule has 8 heteroatoms. The molecule has 0 atom stereocenters. The van der Waals surface area contributed by atoms with Crippen LogP contribution in [0, 0.1) is 10.1 Å². The van der Waals surface area contributed by atoms with Gasteiger partial charge < -0.3 is 5.11 Å². The van der Waals surface area contributed by atoms with Crippen LogP contribution in [0.1, 0.15) is 18.1 Å². The van der Waals surface area contributed by atoms with Gasteiger partial charge in [0.15, 0.2) is 0 Å². The van der Waals surface area contributed by atoms with E-state index in [4.69, 9.17) is 11.6 Å². The Bertz CT molecular complexity index is 950. The van der Waals surface area contributed by atoms with E-state index in [9.17, 15) is 24.8 Å². The van der Waals surface area contributed by atoms with Crippen LogP contribution in [0.5, 0.6) is 0 Å². The van der Waals surface area contributed by atoms with Gasteiger partial charge in [-0.15, -0.1) is 0 Å². The van der Waals surface area contributed by atoms with E-state index in [0.717, 1.165) is 4.90 Å². The van der Waals surface area contributed by atoms with Crippen LogP contribution < -0.4 is 4.90 Å². The number of benzene rings is 2. The van der Waals surface area contributed by atoms with Gasteiger partial charge in [-0.3, -0.25) is 19.7 Å². The van der Waals surface area contributed by atoms with Gasteiger partial charge in [-0.1, -0.05) is 17.7 Å². The van der Waals surface area contributed by atoms with E-state index < -0.39 is 16.7 Å². The minimum Gasteiger partial charge on any atom is -0.506 e. The summed E-state index contributed by atoms with van der Waals surface area (Å²) in [5.74, 6) is -1.56. The number of carbonyl (C=O) groups is 2. The molecule has 1 aliphatic rings. The predicted molar refractivity (Wildman–Crippen MR) is 92.2 cm³/mol. The van der Waals surface area contributed by atoms with Crippen molar-refractivity contribution in [2.45, 2.75) is 6.92 Å². The maximum absolute atomic E-state index is 12.6. The van der Waals surface area contributed by atoms with Gasteiger partial charge in [-0.05, 0) is 24.3 Å². The Balaban J connectivity index is 2.18. The van der Waals surface area contributed by atoms with Crippen molar-refractivity contribution in [3.05, 3.63) is 68.7 Å². The number of anilines is 1. The molecule has 1 aliphatic heterocycles. The molecule has 25 heavy (non-hydrogen) atoms. The van der Waals surface area contributed by atoms with Gasteiger partial charge in [0.05, 0.1) is 16.2 Å². The molecule has 1 N–H and O–H groups in total. The number of nitro benzene ring substituents is 1. The summed E-state index contributed by atoms with van der Waals surface area (Å²) in [4.78, 5) is 35.6. The molecule has 0 fully saturated rings. The monoisotopic (exact) mass is 358 g/mol. The second-order valence-corrected chi connectivity index (χ2v) is 5.79. The summed E-state index contributed by atoms with van der Waals surface area (Å²) in [5.41, 5.74) is 0.668. The molecule has 0 spiro atoms. The molecule has 7 nitrogen and oxygen atoms in total. The zero-order valence-electron chi connectivity index (χ0n) is 12.9. The maximum atomic E-state index is 12.6. The summed E-state index contributed by atoms with van der Waals surface area (Å²) >= 11 is 5.94. The Morgan fingerprint density at radius 2 is 1.84 bits per heavy atom. The smallest absolute Gasteiger partial charge is 0.269 e. The van der Waals surface area contributed by atoms with Gasteiger partial charge in [0.25, 0.3) is 11.6 Å². The van der Waals surface area contributed by atoms with E-state index in [2.05, 4.69) is 0 Å². The molecular formula is C17H11ClN2O5. The fourth-order valence-corrected chi connectivity index (χ4v) is 2.83.